The molecule has 0 saturated heterocycles. The Hall–Kier alpha value is 1.05. The molecule has 0 bridgehead atoms. The van der Waals surface area contributed by atoms with Crippen LogP contribution in [0.4, 0.5) is 0 Å². The molecule has 43 valence electrons. The van der Waals surface area contributed by atoms with E-state index in [1.54, 1.807) is 0 Å². The molecule has 0 unspecified atom stereocenters. The van der Waals surface area contributed by atoms with Crippen LogP contribution in [0.1, 0.15) is 19.8 Å². The summed E-state index contributed by atoms with van der Waals surface area (Å²) in [6.07, 6.45) is 1.02. The Morgan fingerprint density at radius 1 is 1.71 bits per heavy atom. The monoisotopic (exact) mass is 241 g/mol. The summed E-state index contributed by atoms with van der Waals surface area (Å²) in [7, 11) is 0. The van der Waals surface area contributed by atoms with Gasteiger partial charge in [0.05, 0.1) is 0 Å². The zero-order valence-electron chi connectivity index (χ0n) is 4.15. The van der Waals surface area contributed by atoms with Crippen LogP contribution in [0.2, 0.25) is 0 Å². The van der Waals surface area contributed by atoms with Crippen LogP contribution in [0.3, 0.4) is 0 Å². The van der Waals surface area contributed by atoms with Crippen LogP contribution in [0, 0.1) is 49.4 Å². The maximum absolute atomic E-state index is 9.60. The fourth-order valence-corrected chi connectivity index (χ4v) is 0.214. The van der Waals surface area contributed by atoms with Crippen LogP contribution >= 0.6 is 0 Å². The van der Waals surface area contributed by atoms with Crippen LogP contribution in [-0.2, 0) is 4.79 Å². The first-order valence-corrected chi connectivity index (χ1v) is 1.99. The van der Waals surface area contributed by atoms with Crippen molar-refractivity contribution in [3.05, 3.63) is 0 Å². The van der Waals surface area contributed by atoms with Crippen molar-refractivity contribution >= 4 is 5.97 Å². The van der Waals surface area contributed by atoms with Crippen molar-refractivity contribution in [2.45, 2.75) is 19.8 Å². The first kappa shape index (κ1) is 10.9. The SMILES string of the molecule is CCCC(=O)O.[Eu]. The fraction of sp³-hybridized carbons (Fsp3) is 0.750. The van der Waals surface area contributed by atoms with E-state index in [2.05, 4.69) is 0 Å². The smallest absolute Gasteiger partial charge is 0.303 e. The summed E-state index contributed by atoms with van der Waals surface area (Å²) in [5, 5.41) is 7.91. The molecule has 0 aromatic carbocycles. The first-order valence-electron chi connectivity index (χ1n) is 1.99. The molecule has 1 radical (unpaired) electrons. The van der Waals surface area contributed by atoms with Crippen molar-refractivity contribution < 1.29 is 59.3 Å². The van der Waals surface area contributed by atoms with E-state index in [9.17, 15) is 4.79 Å². The van der Waals surface area contributed by atoms with Gasteiger partial charge in [-0.3, -0.25) is 4.79 Å². The topological polar surface area (TPSA) is 37.3 Å². The van der Waals surface area contributed by atoms with Crippen LogP contribution < -0.4 is 0 Å². The third kappa shape index (κ3) is 11.0. The molecule has 0 aliphatic heterocycles. The predicted molar refractivity (Wildman–Crippen MR) is 22.5 cm³/mol. The minimum atomic E-state index is -0.711. The van der Waals surface area contributed by atoms with Crippen molar-refractivity contribution in [2.75, 3.05) is 0 Å². The van der Waals surface area contributed by atoms with Gasteiger partial charge in [-0.2, -0.15) is 0 Å². The van der Waals surface area contributed by atoms with E-state index in [4.69, 9.17) is 5.11 Å². The molecule has 0 atom stereocenters. The summed E-state index contributed by atoms with van der Waals surface area (Å²) >= 11 is 0. The molecule has 0 rings (SSSR count). The molecule has 0 amide bonds. The zero-order chi connectivity index (χ0) is 4.99. The van der Waals surface area contributed by atoms with Gasteiger partial charge in [0.1, 0.15) is 0 Å². The van der Waals surface area contributed by atoms with Crippen LogP contribution in [0.5, 0.6) is 0 Å². The minimum absolute atomic E-state index is 0. The van der Waals surface area contributed by atoms with Gasteiger partial charge in [0.25, 0.3) is 0 Å². The molecule has 0 fully saturated rings. The van der Waals surface area contributed by atoms with Gasteiger partial charge < -0.3 is 5.11 Å². The van der Waals surface area contributed by atoms with Crippen LogP contribution in [0.15, 0.2) is 0 Å². The molecule has 0 heterocycles. The van der Waals surface area contributed by atoms with Gasteiger partial charge in [-0.25, -0.2) is 0 Å². The van der Waals surface area contributed by atoms with E-state index in [1.165, 1.54) is 0 Å². The maximum Gasteiger partial charge on any atom is 0.303 e. The Morgan fingerprint density at radius 2 is 2.14 bits per heavy atom. The molecule has 3 heteroatoms. The van der Waals surface area contributed by atoms with Gasteiger partial charge in [0.2, 0.25) is 0 Å². The zero-order valence-corrected chi connectivity index (χ0v) is 6.57. The molecular weight excluding hydrogens is 232 g/mol. The molecule has 7 heavy (non-hydrogen) atoms. The summed E-state index contributed by atoms with van der Waals surface area (Å²) in [6.45, 7) is 1.84. The Kier molecular flexibility index (Phi) is 11.0. The van der Waals surface area contributed by atoms with Gasteiger partial charge in [0, 0.05) is 55.8 Å². The van der Waals surface area contributed by atoms with E-state index in [1.807, 2.05) is 6.92 Å². The van der Waals surface area contributed by atoms with Gasteiger partial charge >= 0.3 is 5.97 Å². The average Bonchev–Trinajstić information content (AvgIpc) is 1.35. The molecule has 0 aromatic rings. The Bertz CT molecular complexity index is 53.7. The fourth-order valence-electron chi connectivity index (χ4n) is 0.214. The van der Waals surface area contributed by atoms with E-state index < -0.39 is 5.97 Å². The molecule has 0 spiro atoms. The predicted octanol–water partition coefficient (Wildman–Crippen LogP) is 0.871. The van der Waals surface area contributed by atoms with E-state index in [0.717, 1.165) is 6.42 Å². The number of aliphatic carboxylic acids is 1. The van der Waals surface area contributed by atoms with Crippen molar-refractivity contribution in [3.63, 3.8) is 0 Å². The molecule has 0 aliphatic carbocycles. The summed E-state index contributed by atoms with van der Waals surface area (Å²) in [6, 6.07) is 0. The summed E-state index contributed by atoms with van der Waals surface area (Å²) in [4.78, 5) is 9.60. The normalized spacial score (nSPS) is 7.00. The third-order valence-electron chi connectivity index (χ3n) is 0.464. The van der Waals surface area contributed by atoms with Gasteiger partial charge in [-0.05, 0) is 6.42 Å². The summed E-state index contributed by atoms with van der Waals surface area (Å²) < 4.78 is 0. The summed E-state index contributed by atoms with van der Waals surface area (Å²) in [5.74, 6) is -0.711. The largest absolute Gasteiger partial charge is 0.481 e. The molecule has 0 aromatic heterocycles. The quantitative estimate of drug-likeness (QED) is 0.777. The van der Waals surface area contributed by atoms with Gasteiger partial charge in [-0.15, -0.1) is 0 Å². The number of hydrogen-bond donors (Lipinski definition) is 1. The maximum atomic E-state index is 9.60. The number of carboxylic acid groups (broad SMARTS) is 1. The number of carbonyl (C=O) groups is 1. The van der Waals surface area contributed by atoms with Crippen molar-refractivity contribution in [2.24, 2.45) is 0 Å². The number of hydrogen-bond acceptors (Lipinski definition) is 1. The van der Waals surface area contributed by atoms with Gasteiger partial charge in [0.15, 0.2) is 0 Å². The van der Waals surface area contributed by atoms with Crippen LogP contribution in [0.25, 0.3) is 0 Å². The van der Waals surface area contributed by atoms with Crippen molar-refractivity contribution in [1.82, 2.24) is 0 Å². The van der Waals surface area contributed by atoms with E-state index in [0.29, 0.717) is 6.42 Å². The molecule has 0 saturated carbocycles. The second-order valence-corrected chi connectivity index (χ2v) is 1.14. The second kappa shape index (κ2) is 7.05. The molecule has 2 nitrogen and oxygen atoms in total. The molecule has 1 N–H and O–H groups in total. The molecule has 0 aliphatic rings. The third-order valence-corrected chi connectivity index (χ3v) is 0.464. The Morgan fingerprint density at radius 3 is 2.14 bits per heavy atom. The summed E-state index contributed by atoms with van der Waals surface area (Å²) in [5.41, 5.74) is 0. The van der Waals surface area contributed by atoms with E-state index >= 15 is 0 Å². The van der Waals surface area contributed by atoms with Gasteiger partial charge in [-0.1, -0.05) is 6.92 Å². The van der Waals surface area contributed by atoms with Crippen LogP contribution in [-0.4, -0.2) is 11.1 Å². The average molecular weight is 240 g/mol. The minimum Gasteiger partial charge on any atom is -0.481 e. The molecular formula is C4H8EuO2. The number of carboxylic acids is 1. The van der Waals surface area contributed by atoms with E-state index in [-0.39, 0.29) is 49.4 Å². The second-order valence-electron chi connectivity index (χ2n) is 1.14. The van der Waals surface area contributed by atoms with Crippen molar-refractivity contribution in [3.8, 4) is 0 Å². The first-order chi connectivity index (χ1) is 2.77. The Balaban J connectivity index is 0. The number of rotatable bonds is 2. The van der Waals surface area contributed by atoms with Crippen molar-refractivity contribution in [1.29, 1.82) is 0 Å². The Labute approximate surface area is 83.8 Å². The standard InChI is InChI=1S/C4H8O2.Eu/c1-2-3-4(5)6;/h2-3H2,1H3,(H,5,6);.